The Balaban J connectivity index is 1.53. The van der Waals surface area contributed by atoms with Gasteiger partial charge in [-0.25, -0.2) is 4.39 Å². The lowest BCUT2D eigenvalue weighted by atomic mass is 9.78. The van der Waals surface area contributed by atoms with Crippen LogP contribution < -0.4 is 0 Å². The van der Waals surface area contributed by atoms with Gasteiger partial charge < -0.3 is 4.74 Å². The Labute approximate surface area is 164 Å². The third-order valence-corrected chi connectivity index (χ3v) is 6.14. The normalized spacial score (nSPS) is 20.0. The first-order chi connectivity index (χ1) is 13.2. The van der Waals surface area contributed by atoms with E-state index in [1.165, 1.54) is 50.5 Å². The minimum Gasteiger partial charge on any atom is -0.380 e. The van der Waals surface area contributed by atoms with Crippen molar-refractivity contribution >= 4 is 0 Å². The summed E-state index contributed by atoms with van der Waals surface area (Å²) in [5.41, 5.74) is 3.99. The van der Waals surface area contributed by atoms with Gasteiger partial charge in [-0.3, -0.25) is 0 Å². The van der Waals surface area contributed by atoms with Gasteiger partial charge in [-0.05, 0) is 47.4 Å². The van der Waals surface area contributed by atoms with E-state index < -0.39 is 0 Å². The van der Waals surface area contributed by atoms with Crippen LogP contribution in [0.3, 0.4) is 0 Å². The van der Waals surface area contributed by atoms with E-state index in [0.29, 0.717) is 12.2 Å². The standard InChI is InChI=1S/C25H33FO/c1-3-4-19-5-7-20(8-6-19)9-10-21-11-13-22(14-12-21)23-15-16-24(18-27-2)25(26)17-23/h11-17,19-20H,3-10,18H2,1-2H3. The summed E-state index contributed by atoms with van der Waals surface area (Å²) >= 11 is 0. The van der Waals surface area contributed by atoms with Gasteiger partial charge >= 0.3 is 0 Å². The highest BCUT2D eigenvalue weighted by Crippen LogP contribution is 2.34. The van der Waals surface area contributed by atoms with Crippen LogP contribution >= 0.6 is 0 Å². The number of halogens is 1. The molecule has 27 heavy (non-hydrogen) atoms. The van der Waals surface area contributed by atoms with Gasteiger partial charge in [0, 0.05) is 12.7 Å². The fourth-order valence-corrected chi connectivity index (χ4v) is 4.45. The third-order valence-electron chi connectivity index (χ3n) is 6.14. The maximum absolute atomic E-state index is 14.1. The van der Waals surface area contributed by atoms with Gasteiger partial charge in [-0.15, -0.1) is 0 Å². The molecule has 146 valence electrons. The molecule has 0 saturated heterocycles. The van der Waals surface area contributed by atoms with Gasteiger partial charge in [0.1, 0.15) is 5.82 Å². The molecule has 2 aromatic carbocycles. The number of methoxy groups -OCH3 is 1. The molecule has 0 bridgehead atoms. The average Bonchev–Trinajstić information content (AvgIpc) is 2.70. The molecular weight excluding hydrogens is 335 g/mol. The van der Waals surface area contributed by atoms with Crippen molar-refractivity contribution < 1.29 is 9.13 Å². The zero-order valence-corrected chi connectivity index (χ0v) is 16.8. The first kappa shape index (κ1) is 20.1. The molecule has 0 spiro atoms. The third kappa shape index (κ3) is 5.65. The second kappa shape index (κ2) is 10.0. The molecular formula is C25H33FO. The number of aryl methyl sites for hydroxylation is 1. The highest BCUT2D eigenvalue weighted by Gasteiger charge is 2.20. The summed E-state index contributed by atoms with van der Waals surface area (Å²) in [6, 6.07) is 14.1. The van der Waals surface area contributed by atoms with E-state index in [2.05, 4.69) is 31.2 Å². The average molecular weight is 369 g/mol. The van der Waals surface area contributed by atoms with Crippen molar-refractivity contribution in [3.05, 3.63) is 59.4 Å². The largest absolute Gasteiger partial charge is 0.380 e. The van der Waals surface area contributed by atoms with Crippen LogP contribution in [-0.2, 0) is 17.8 Å². The van der Waals surface area contributed by atoms with Crippen LogP contribution in [0, 0.1) is 17.7 Å². The Bertz CT molecular complexity index is 699. The number of hydrogen-bond donors (Lipinski definition) is 0. The van der Waals surface area contributed by atoms with Gasteiger partial charge in [0.2, 0.25) is 0 Å². The van der Waals surface area contributed by atoms with Crippen LogP contribution in [-0.4, -0.2) is 7.11 Å². The van der Waals surface area contributed by atoms with Crippen molar-refractivity contribution in [3.63, 3.8) is 0 Å². The van der Waals surface area contributed by atoms with Gasteiger partial charge in [0.15, 0.2) is 0 Å². The van der Waals surface area contributed by atoms with Crippen molar-refractivity contribution in [2.75, 3.05) is 7.11 Å². The molecule has 0 aliphatic heterocycles. The smallest absolute Gasteiger partial charge is 0.129 e. The lowest BCUT2D eigenvalue weighted by molar-refractivity contribution is 0.181. The van der Waals surface area contributed by atoms with E-state index in [0.717, 1.165) is 29.4 Å². The molecule has 1 aliphatic rings. The fraction of sp³-hybridized carbons (Fsp3) is 0.520. The van der Waals surface area contributed by atoms with Gasteiger partial charge in [-0.1, -0.05) is 81.8 Å². The summed E-state index contributed by atoms with van der Waals surface area (Å²) in [7, 11) is 1.59. The van der Waals surface area contributed by atoms with E-state index in [9.17, 15) is 4.39 Å². The summed E-state index contributed by atoms with van der Waals surface area (Å²) in [4.78, 5) is 0. The fourth-order valence-electron chi connectivity index (χ4n) is 4.45. The van der Waals surface area contributed by atoms with Crippen LogP contribution in [0.1, 0.15) is 63.0 Å². The van der Waals surface area contributed by atoms with Crippen molar-refractivity contribution in [3.8, 4) is 11.1 Å². The van der Waals surface area contributed by atoms with E-state index >= 15 is 0 Å². The Hall–Kier alpha value is -1.67. The quantitative estimate of drug-likeness (QED) is 0.479. The molecule has 0 N–H and O–H groups in total. The van der Waals surface area contributed by atoms with Gasteiger partial charge in [0.05, 0.1) is 6.61 Å². The van der Waals surface area contributed by atoms with E-state index in [4.69, 9.17) is 4.74 Å². The minimum absolute atomic E-state index is 0.197. The predicted octanol–water partition coefficient (Wildman–Crippen LogP) is 7.18. The van der Waals surface area contributed by atoms with Crippen LogP contribution in [0.25, 0.3) is 11.1 Å². The number of benzene rings is 2. The van der Waals surface area contributed by atoms with Crippen LogP contribution in [0.15, 0.2) is 42.5 Å². The second-order valence-corrected chi connectivity index (χ2v) is 8.15. The molecule has 0 amide bonds. The lowest BCUT2D eigenvalue weighted by Crippen LogP contribution is -2.15. The van der Waals surface area contributed by atoms with Gasteiger partial charge in [0.25, 0.3) is 0 Å². The van der Waals surface area contributed by atoms with E-state index in [-0.39, 0.29) is 5.82 Å². The van der Waals surface area contributed by atoms with Crippen molar-refractivity contribution in [1.82, 2.24) is 0 Å². The maximum atomic E-state index is 14.1. The molecule has 0 heterocycles. The van der Waals surface area contributed by atoms with Crippen LogP contribution in [0.4, 0.5) is 4.39 Å². The van der Waals surface area contributed by atoms with Crippen molar-refractivity contribution in [2.45, 2.75) is 64.9 Å². The van der Waals surface area contributed by atoms with E-state index in [1.807, 2.05) is 12.1 Å². The zero-order chi connectivity index (χ0) is 19.1. The highest BCUT2D eigenvalue weighted by molar-refractivity contribution is 5.64. The second-order valence-electron chi connectivity index (χ2n) is 8.15. The zero-order valence-electron chi connectivity index (χ0n) is 16.8. The summed E-state index contributed by atoms with van der Waals surface area (Å²) in [5, 5.41) is 0. The Kier molecular flexibility index (Phi) is 7.46. The molecule has 3 rings (SSSR count). The van der Waals surface area contributed by atoms with Crippen molar-refractivity contribution in [2.24, 2.45) is 11.8 Å². The highest BCUT2D eigenvalue weighted by atomic mass is 19.1. The molecule has 2 aromatic rings. The summed E-state index contributed by atoms with van der Waals surface area (Å²) < 4.78 is 19.1. The SMILES string of the molecule is CCCC1CCC(CCc2ccc(-c3ccc(COC)c(F)c3)cc2)CC1. The summed E-state index contributed by atoms with van der Waals surface area (Å²) in [5.74, 6) is 1.69. The predicted molar refractivity (Wildman–Crippen MR) is 111 cm³/mol. The Morgan fingerprint density at radius 1 is 0.889 bits per heavy atom. The summed E-state index contributed by atoms with van der Waals surface area (Å²) in [6.45, 7) is 2.61. The molecule has 0 aromatic heterocycles. The van der Waals surface area contributed by atoms with Gasteiger partial charge in [-0.2, -0.15) is 0 Å². The molecule has 0 unspecified atom stereocenters. The molecule has 1 fully saturated rings. The Morgan fingerprint density at radius 2 is 1.52 bits per heavy atom. The number of rotatable bonds is 8. The number of ether oxygens (including phenoxy) is 1. The monoisotopic (exact) mass is 368 g/mol. The molecule has 1 aliphatic carbocycles. The molecule has 2 heteroatoms. The number of hydrogen-bond acceptors (Lipinski definition) is 1. The lowest BCUT2D eigenvalue weighted by Gasteiger charge is -2.28. The molecule has 0 atom stereocenters. The Morgan fingerprint density at radius 3 is 2.11 bits per heavy atom. The summed E-state index contributed by atoms with van der Waals surface area (Å²) in [6.07, 6.45) is 10.9. The van der Waals surface area contributed by atoms with Crippen molar-refractivity contribution in [1.29, 1.82) is 0 Å². The maximum Gasteiger partial charge on any atom is 0.129 e. The first-order valence-electron chi connectivity index (χ1n) is 10.6. The van der Waals surface area contributed by atoms with E-state index in [1.54, 1.807) is 13.2 Å². The molecule has 0 radical (unpaired) electrons. The minimum atomic E-state index is -0.197. The first-order valence-corrected chi connectivity index (χ1v) is 10.6. The van der Waals surface area contributed by atoms with Crippen LogP contribution in [0.2, 0.25) is 0 Å². The van der Waals surface area contributed by atoms with Crippen LogP contribution in [0.5, 0.6) is 0 Å². The molecule has 1 nitrogen and oxygen atoms in total. The molecule has 1 saturated carbocycles. The topological polar surface area (TPSA) is 9.23 Å².